The van der Waals surface area contributed by atoms with Crippen molar-refractivity contribution in [3.63, 3.8) is 0 Å². The van der Waals surface area contributed by atoms with Crippen LogP contribution in [0.4, 0.5) is 0 Å². The molecule has 0 aromatic heterocycles. The molecule has 0 spiro atoms. The molecule has 2 bridgehead atoms. The number of nitrogens with one attached hydrogen (secondary N) is 1. The second-order valence-corrected chi connectivity index (χ2v) is 6.71. The van der Waals surface area contributed by atoms with Crippen molar-refractivity contribution >= 4 is 0 Å². The van der Waals surface area contributed by atoms with E-state index in [0.29, 0.717) is 0 Å². The third-order valence-electron chi connectivity index (χ3n) is 5.46. The first-order chi connectivity index (χ1) is 10.3. The molecule has 1 aromatic carbocycles. The van der Waals surface area contributed by atoms with Crippen LogP contribution in [0.2, 0.25) is 0 Å². The fourth-order valence-corrected chi connectivity index (χ4v) is 4.29. The van der Waals surface area contributed by atoms with Crippen molar-refractivity contribution in [1.82, 2.24) is 10.2 Å². The molecule has 1 aromatic rings. The van der Waals surface area contributed by atoms with E-state index in [9.17, 15) is 5.11 Å². The fraction of sp³-hybridized carbons (Fsp3) is 0.667. The average Bonchev–Trinajstić information content (AvgIpc) is 3.15. The van der Waals surface area contributed by atoms with E-state index >= 15 is 0 Å². The maximum absolute atomic E-state index is 10.1. The number of nitrogens with zero attached hydrogens (tertiary/aromatic N) is 1. The van der Waals surface area contributed by atoms with Gasteiger partial charge in [0.05, 0.1) is 12.1 Å². The molecule has 21 heavy (non-hydrogen) atoms. The van der Waals surface area contributed by atoms with Crippen molar-refractivity contribution < 1.29 is 5.11 Å². The second kappa shape index (κ2) is 6.47. The van der Waals surface area contributed by atoms with Crippen molar-refractivity contribution in [1.29, 1.82) is 0 Å². The van der Waals surface area contributed by atoms with Crippen LogP contribution >= 0.6 is 0 Å². The zero-order valence-corrected chi connectivity index (χ0v) is 13.1. The van der Waals surface area contributed by atoms with E-state index in [1.54, 1.807) is 0 Å². The summed E-state index contributed by atoms with van der Waals surface area (Å²) in [5.41, 5.74) is 0.913. The Labute approximate surface area is 128 Å². The number of aliphatic hydroxyl groups is 1. The number of benzene rings is 1. The van der Waals surface area contributed by atoms with E-state index in [-0.39, 0.29) is 12.1 Å². The van der Waals surface area contributed by atoms with Crippen LogP contribution in [0, 0.1) is 5.92 Å². The molecule has 1 heterocycles. The van der Waals surface area contributed by atoms with E-state index in [0.717, 1.165) is 31.5 Å². The number of hydrogen-bond donors (Lipinski definition) is 2. The summed E-state index contributed by atoms with van der Waals surface area (Å²) in [6, 6.07) is 11.2. The molecule has 1 aliphatic heterocycles. The standard InChI is InChI=1S/C18H28N2O/c1-2-19-18(14-21,16-6-4-3-5-7-16)10-11-20-13-15-8-9-17(20)12-15/h3-7,15,17,19,21H,2,8-14H2,1H3. The summed E-state index contributed by atoms with van der Waals surface area (Å²) in [6.07, 6.45) is 5.19. The van der Waals surface area contributed by atoms with Crippen LogP contribution in [0.1, 0.15) is 38.2 Å². The number of likely N-dealkylation sites (tertiary alicyclic amines) is 1. The third kappa shape index (κ3) is 3.01. The van der Waals surface area contributed by atoms with Crippen LogP contribution in [-0.4, -0.2) is 42.3 Å². The molecule has 3 heteroatoms. The van der Waals surface area contributed by atoms with E-state index < -0.39 is 0 Å². The lowest BCUT2D eigenvalue weighted by Gasteiger charge is -2.37. The number of fused-ring (bicyclic) bond motifs is 2. The fourth-order valence-electron chi connectivity index (χ4n) is 4.29. The number of rotatable bonds is 7. The second-order valence-electron chi connectivity index (χ2n) is 6.71. The number of piperidine rings is 1. The van der Waals surface area contributed by atoms with Crippen LogP contribution in [0.5, 0.6) is 0 Å². The largest absolute Gasteiger partial charge is 0.394 e. The van der Waals surface area contributed by atoms with Gasteiger partial charge in [0, 0.05) is 19.1 Å². The van der Waals surface area contributed by atoms with Gasteiger partial charge in [-0.25, -0.2) is 0 Å². The Balaban J connectivity index is 1.70. The SMILES string of the molecule is CCNC(CO)(CCN1CC2CCC1C2)c1ccccc1. The molecule has 3 rings (SSSR count). The maximum atomic E-state index is 10.1. The normalized spacial score (nSPS) is 27.9. The molecule has 1 aliphatic carbocycles. The molecule has 116 valence electrons. The monoisotopic (exact) mass is 288 g/mol. The van der Waals surface area contributed by atoms with Crippen LogP contribution < -0.4 is 5.32 Å². The molecule has 3 nitrogen and oxygen atoms in total. The van der Waals surface area contributed by atoms with E-state index in [4.69, 9.17) is 0 Å². The highest BCUT2D eigenvalue weighted by molar-refractivity contribution is 5.25. The van der Waals surface area contributed by atoms with E-state index in [1.807, 2.05) is 6.07 Å². The summed E-state index contributed by atoms with van der Waals surface area (Å²) in [4.78, 5) is 2.65. The highest BCUT2D eigenvalue weighted by Crippen LogP contribution is 2.38. The van der Waals surface area contributed by atoms with Crippen molar-refractivity contribution in [3.05, 3.63) is 35.9 Å². The molecule has 2 aliphatic rings. The predicted molar refractivity (Wildman–Crippen MR) is 86.2 cm³/mol. The third-order valence-corrected chi connectivity index (χ3v) is 5.46. The van der Waals surface area contributed by atoms with Crippen LogP contribution in [0.25, 0.3) is 0 Å². The van der Waals surface area contributed by atoms with Gasteiger partial charge in [-0.1, -0.05) is 37.3 Å². The lowest BCUT2D eigenvalue weighted by molar-refractivity contribution is 0.122. The first kappa shape index (κ1) is 15.0. The van der Waals surface area contributed by atoms with Gasteiger partial charge in [-0.2, -0.15) is 0 Å². The van der Waals surface area contributed by atoms with Crippen molar-refractivity contribution in [2.75, 3.05) is 26.2 Å². The summed E-state index contributed by atoms with van der Waals surface area (Å²) in [5.74, 6) is 0.939. The van der Waals surface area contributed by atoms with E-state index in [1.165, 1.54) is 31.4 Å². The first-order valence-corrected chi connectivity index (χ1v) is 8.43. The smallest absolute Gasteiger partial charge is 0.0681 e. The molecular weight excluding hydrogens is 260 g/mol. The van der Waals surface area contributed by atoms with Gasteiger partial charge in [0.25, 0.3) is 0 Å². The minimum absolute atomic E-state index is 0.160. The van der Waals surface area contributed by atoms with Crippen LogP contribution in [0.15, 0.2) is 30.3 Å². The molecule has 1 saturated carbocycles. The summed E-state index contributed by atoms with van der Waals surface area (Å²) >= 11 is 0. The topological polar surface area (TPSA) is 35.5 Å². The summed E-state index contributed by atoms with van der Waals surface area (Å²) in [5, 5.41) is 13.6. The number of hydrogen-bond acceptors (Lipinski definition) is 3. The number of likely N-dealkylation sites (N-methyl/N-ethyl adjacent to an activating group) is 1. The first-order valence-electron chi connectivity index (χ1n) is 8.43. The Morgan fingerprint density at radius 3 is 2.67 bits per heavy atom. The minimum Gasteiger partial charge on any atom is -0.394 e. The molecule has 0 amide bonds. The van der Waals surface area contributed by atoms with Crippen LogP contribution in [0.3, 0.4) is 0 Å². The van der Waals surface area contributed by atoms with Gasteiger partial charge in [0.1, 0.15) is 0 Å². The Kier molecular flexibility index (Phi) is 4.63. The molecule has 2 N–H and O–H groups in total. The highest BCUT2D eigenvalue weighted by atomic mass is 16.3. The van der Waals surface area contributed by atoms with Gasteiger partial charge in [0.2, 0.25) is 0 Å². The van der Waals surface area contributed by atoms with Crippen molar-refractivity contribution in [2.45, 2.75) is 44.2 Å². The van der Waals surface area contributed by atoms with Gasteiger partial charge in [0.15, 0.2) is 0 Å². The molecular formula is C18H28N2O. The highest BCUT2D eigenvalue weighted by Gasteiger charge is 2.39. The van der Waals surface area contributed by atoms with Gasteiger partial charge in [-0.05, 0) is 43.7 Å². The molecule has 1 saturated heterocycles. The molecule has 3 atom stereocenters. The Hall–Kier alpha value is -0.900. The summed E-state index contributed by atoms with van der Waals surface area (Å²) in [7, 11) is 0. The maximum Gasteiger partial charge on any atom is 0.0681 e. The van der Waals surface area contributed by atoms with Gasteiger partial charge < -0.3 is 15.3 Å². The lowest BCUT2D eigenvalue weighted by atomic mass is 9.86. The quantitative estimate of drug-likeness (QED) is 0.808. The summed E-state index contributed by atoms with van der Waals surface area (Å²) < 4.78 is 0. The molecule has 0 radical (unpaired) electrons. The van der Waals surface area contributed by atoms with E-state index in [2.05, 4.69) is 41.4 Å². The van der Waals surface area contributed by atoms with Gasteiger partial charge in [-0.15, -0.1) is 0 Å². The minimum atomic E-state index is -0.294. The van der Waals surface area contributed by atoms with Crippen molar-refractivity contribution in [3.8, 4) is 0 Å². The Morgan fingerprint density at radius 2 is 2.10 bits per heavy atom. The average molecular weight is 288 g/mol. The Morgan fingerprint density at radius 1 is 1.29 bits per heavy atom. The predicted octanol–water partition coefficient (Wildman–Crippen LogP) is 2.36. The summed E-state index contributed by atoms with van der Waals surface area (Å²) in [6.45, 7) is 5.51. The lowest BCUT2D eigenvalue weighted by Crippen LogP contribution is -2.48. The molecule has 3 unspecified atom stereocenters. The zero-order valence-electron chi connectivity index (χ0n) is 13.1. The Bertz CT molecular complexity index is 450. The number of aliphatic hydroxyl groups excluding tert-OH is 1. The van der Waals surface area contributed by atoms with Gasteiger partial charge >= 0.3 is 0 Å². The van der Waals surface area contributed by atoms with Crippen LogP contribution in [-0.2, 0) is 5.54 Å². The molecule has 2 fully saturated rings. The van der Waals surface area contributed by atoms with Crippen molar-refractivity contribution in [2.24, 2.45) is 5.92 Å². The van der Waals surface area contributed by atoms with Gasteiger partial charge in [-0.3, -0.25) is 0 Å². The zero-order chi connectivity index (χ0) is 14.7.